The highest BCUT2D eigenvalue weighted by Gasteiger charge is 2.20. The quantitative estimate of drug-likeness (QED) is 0.603. The molecule has 0 saturated heterocycles. The van der Waals surface area contributed by atoms with Crippen molar-refractivity contribution in [2.45, 2.75) is 11.4 Å². The molecule has 0 unspecified atom stereocenters. The molecule has 0 atom stereocenters. The van der Waals surface area contributed by atoms with Crippen molar-refractivity contribution in [1.82, 2.24) is 4.72 Å². The fourth-order valence-corrected chi connectivity index (χ4v) is 4.02. The van der Waals surface area contributed by atoms with Crippen LogP contribution in [0.5, 0.6) is 0 Å². The minimum Gasteiger partial charge on any atom is -0.322 e. The van der Waals surface area contributed by atoms with Crippen molar-refractivity contribution in [3.63, 3.8) is 0 Å². The Hall–Kier alpha value is -2.81. The number of anilines is 1. The van der Waals surface area contributed by atoms with E-state index in [1.165, 1.54) is 18.2 Å². The molecule has 150 valence electrons. The van der Waals surface area contributed by atoms with E-state index >= 15 is 0 Å². The Balaban J connectivity index is 1.81. The average molecular weight is 437 g/mol. The lowest BCUT2D eigenvalue weighted by Crippen LogP contribution is -2.24. The molecule has 5 nitrogen and oxygen atoms in total. The lowest BCUT2D eigenvalue weighted by atomic mass is 10.2. The van der Waals surface area contributed by atoms with Gasteiger partial charge in [0.15, 0.2) is 11.6 Å². The molecule has 0 fully saturated rings. The van der Waals surface area contributed by atoms with Crippen molar-refractivity contribution < 1.29 is 22.0 Å². The monoisotopic (exact) mass is 436 g/mol. The molecule has 0 aromatic heterocycles. The molecule has 0 saturated carbocycles. The van der Waals surface area contributed by atoms with Gasteiger partial charge >= 0.3 is 0 Å². The van der Waals surface area contributed by atoms with E-state index in [2.05, 4.69) is 10.0 Å². The minimum atomic E-state index is -4.00. The van der Waals surface area contributed by atoms with Crippen LogP contribution in [0.1, 0.15) is 15.9 Å². The summed E-state index contributed by atoms with van der Waals surface area (Å²) in [5, 5.41) is 2.32. The Labute approximate surface area is 171 Å². The van der Waals surface area contributed by atoms with Gasteiger partial charge in [-0.3, -0.25) is 4.79 Å². The second-order valence-electron chi connectivity index (χ2n) is 6.04. The Morgan fingerprint density at radius 1 is 0.931 bits per heavy atom. The molecular weight excluding hydrogens is 422 g/mol. The smallest absolute Gasteiger partial charge is 0.255 e. The highest BCUT2D eigenvalue weighted by Crippen LogP contribution is 2.24. The second kappa shape index (κ2) is 8.69. The molecule has 3 rings (SSSR count). The number of hydrogen-bond donors (Lipinski definition) is 2. The Kier molecular flexibility index (Phi) is 6.26. The van der Waals surface area contributed by atoms with E-state index in [4.69, 9.17) is 11.6 Å². The summed E-state index contributed by atoms with van der Waals surface area (Å²) in [5.41, 5.74) is 0.758. The summed E-state index contributed by atoms with van der Waals surface area (Å²) < 4.78 is 54.0. The summed E-state index contributed by atoms with van der Waals surface area (Å²) >= 11 is 6.02. The zero-order valence-corrected chi connectivity index (χ0v) is 16.4. The summed E-state index contributed by atoms with van der Waals surface area (Å²) in [4.78, 5) is 12.1. The molecule has 0 heterocycles. The first-order valence-corrected chi connectivity index (χ1v) is 10.2. The minimum absolute atomic E-state index is 0.0146. The lowest BCUT2D eigenvalue weighted by Gasteiger charge is -2.11. The van der Waals surface area contributed by atoms with Gasteiger partial charge in [0.2, 0.25) is 10.0 Å². The molecule has 2 N–H and O–H groups in total. The molecular formula is C20H15ClF2N2O3S. The first kappa shape index (κ1) is 20.9. The van der Waals surface area contributed by atoms with Gasteiger partial charge in [-0.05, 0) is 35.9 Å². The Morgan fingerprint density at radius 3 is 2.34 bits per heavy atom. The zero-order chi connectivity index (χ0) is 21.0. The normalized spacial score (nSPS) is 11.3. The lowest BCUT2D eigenvalue weighted by molar-refractivity contribution is 0.102. The van der Waals surface area contributed by atoms with Crippen LogP contribution < -0.4 is 10.0 Å². The van der Waals surface area contributed by atoms with Crippen molar-refractivity contribution >= 4 is 33.2 Å². The number of sulfonamides is 1. The van der Waals surface area contributed by atoms with E-state index in [0.717, 1.165) is 23.8 Å². The van der Waals surface area contributed by atoms with Gasteiger partial charge in [-0.25, -0.2) is 21.9 Å². The average Bonchev–Trinajstić information content (AvgIpc) is 2.70. The first-order valence-electron chi connectivity index (χ1n) is 8.36. The molecule has 3 aromatic carbocycles. The van der Waals surface area contributed by atoms with Crippen molar-refractivity contribution in [1.29, 1.82) is 0 Å². The van der Waals surface area contributed by atoms with Crippen LogP contribution in [0.2, 0.25) is 5.02 Å². The predicted octanol–water partition coefficient (Wildman–Crippen LogP) is 4.35. The van der Waals surface area contributed by atoms with Gasteiger partial charge < -0.3 is 5.32 Å². The van der Waals surface area contributed by atoms with Crippen molar-refractivity contribution in [3.8, 4) is 0 Å². The van der Waals surface area contributed by atoms with Crippen LogP contribution in [0.4, 0.5) is 14.5 Å². The molecule has 0 radical (unpaired) electrons. The molecule has 0 aliphatic heterocycles. The number of amides is 1. The van der Waals surface area contributed by atoms with Crippen LogP contribution >= 0.6 is 11.6 Å². The number of carbonyl (C=O) groups is 1. The molecule has 9 heteroatoms. The highest BCUT2D eigenvalue weighted by atomic mass is 35.5. The van der Waals surface area contributed by atoms with Crippen molar-refractivity contribution in [2.75, 3.05) is 5.32 Å². The van der Waals surface area contributed by atoms with Gasteiger partial charge in [-0.15, -0.1) is 0 Å². The topological polar surface area (TPSA) is 75.3 Å². The van der Waals surface area contributed by atoms with E-state index < -0.39 is 27.6 Å². The second-order valence-corrected chi connectivity index (χ2v) is 8.18. The third-order valence-electron chi connectivity index (χ3n) is 3.97. The number of carbonyl (C=O) groups excluding carboxylic acids is 1. The largest absolute Gasteiger partial charge is 0.322 e. The van der Waals surface area contributed by atoms with E-state index in [-0.39, 0.29) is 27.7 Å². The molecule has 0 spiro atoms. The van der Waals surface area contributed by atoms with Gasteiger partial charge in [-0.2, -0.15) is 0 Å². The zero-order valence-electron chi connectivity index (χ0n) is 14.8. The van der Waals surface area contributed by atoms with E-state index in [9.17, 15) is 22.0 Å². The summed E-state index contributed by atoms with van der Waals surface area (Å²) in [7, 11) is -4.00. The van der Waals surface area contributed by atoms with Crippen molar-refractivity contribution in [2.24, 2.45) is 0 Å². The summed E-state index contributed by atoms with van der Waals surface area (Å²) in [5.74, 6) is -2.87. The molecule has 29 heavy (non-hydrogen) atoms. The molecule has 0 aliphatic carbocycles. The molecule has 3 aromatic rings. The third kappa shape index (κ3) is 5.17. The van der Waals surface area contributed by atoms with Crippen LogP contribution in [0.25, 0.3) is 0 Å². The van der Waals surface area contributed by atoms with Crippen LogP contribution in [0.3, 0.4) is 0 Å². The maximum atomic E-state index is 13.3. The predicted molar refractivity (Wildman–Crippen MR) is 106 cm³/mol. The van der Waals surface area contributed by atoms with Crippen LogP contribution in [-0.2, 0) is 16.6 Å². The summed E-state index contributed by atoms with van der Waals surface area (Å²) in [6, 6.07) is 15.5. The van der Waals surface area contributed by atoms with Gasteiger partial charge in [-0.1, -0.05) is 41.9 Å². The maximum absolute atomic E-state index is 13.3. The molecule has 1 amide bonds. The van der Waals surface area contributed by atoms with E-state index in [1.807, 2.05) is 6.07 Å². The maximum Gasteiger partial charge on any atom is 0.255 e. The summed E-state index contributed by atoms with van der Waals surface area (Å²) in [6.07, 6.45) is 0. The van der Waals surface area contributed by atoms with Gasteiger partial charge in [0, 0.05) is 23.9 Å². The van der Waals surface area contributed by atoms with Gasteiger partial charge in [0.1, 0.15) is 4.90 Å². The SMILES string of the molecule is O=C(Nc1ccc(F)c(F)c1)c1ccc(Cl)c(S(=O)(=O)NCc2ccccc2)c1. The van der Waals surface area contributed by atoms with E-state index in [0.29, 0.717) is 0 Å². The number of halogens is 3. The third-order valence-corrected chi connectivity index (χ3v) is 5.85. The van der Waals surface area contributed by atoms with E-state index in [1.54, 1.807) is 24.3 Å². The number of rotatable bonds is 6. The van der Waals surface area contributed by atoms with Crippen LogP contribution in [0, 0.1) is 11.6 Å². The van der Waals surface area contributed by atoms with Gasteiger partial charge in [0.25, 0.3) is 5.91 Å². The molecule has 0 aliphatic rings. The Bertz CT molecular complexity index is 1160. The van der Waals surface area contributed by atoms with Crippen LogP contribution in [0.15, 0.2) is 71.6 Å². The van der Waals surface area contributed by atoms with Gasteiger partial charge in [0.05, 0.1) is 5.02 Å². The number of nitrogens with one attached hydrogen (secondary N) is 2. The fraction of sp³-hybridized carbons (Fsp3) is 0.0500. The number of hydrogen-bond acceptors (Lipinski definition) is 3. The summed E-state index contributed by atoms with van der Waals surface area (Å²) in [6.45, 7) is 0.0464. The van der Waals surface area contributed by atoms with Crippen LogP contribution in [-0.4, -0.2) is 14.3 Å². The Morgan fingerprint density at radius 2 is 1.66 bits per heavy atom. The highest BCUT2D eigenvalue weighted by molar-refractivity contribution is 7.89. The first-order chi connectivity index (χ1) is 13.8. The number of benzene rings is 3. The fourth-order valence-electron chi connectivity index (χ4n) is 2.48. The van der Waals surface area contributed by atoms with Crippen molar-refractivity contribution in [3.05, 3.63) is 94.5 Å². The molecule has 0 bridgehead atoms. The standard InChI is InChI=1S/C20H15ClF2N2O3S/c21-16-8-6-14(20(26)25-15-7-9-17(22)18(23)11-15)10-19(16)29(27,28)24-12-13-4-2-1-3-5-13/h1-11,24H,12H2,(H,25,26).